The molecule has 2 atom stereocenters. The lowest BCUT2D eigenvalue weighted by Gasteiger charge is -2.25. The minimum atomic E-state index is -0.422. The first-order chi connectivity index (χ1) is 9.25. The van der Waals surface area contributed by atoms with E-state index in [-0.39, 0.29) is 0 Å². The van der Waals surface area contributed by atoms with Crippen molar-refractivity contribution in [3.63, 3.8) is 0 Å². The van der Waals surface area contributed by atoms with E-state index in [2.05, 4.69) is 17.3 Å². The lowest BCUT2D eigenvalue weighted by atomic mass is 10.2. The Morgan fingerprint density at radius 2 is 2.21 bits per heavy atom. The van der Waals surface area contributed by atoms with E-state index in [4.69, 9.17) is 4.74 Å². The molecule has 1 aliphatic rings. The molecule has 4 heteroatoms. The zero-order valence-corrected chi connectivity index (χ0v) is 11.6. The highest BCUT2D eigenvalue weighted by Crippen LogP contribution is 2.07. The monoisotopic (exact) mass is 264 g/mol. The molecule has 1 aromatic carbocycles. The van der Waals surface area contributed by atoms with Crippen molar-refractivity contribution >= 4 is 0 Å². The Bertz CT molecular complexity index is 352. The summed E-state index contributed by atoms with van der Waals surface area (Å²) in [6.45, 7) is 3.72. The van der Waals surface area contributed by atoms with E-state index in [1.165, 1.54) is 0 Å². The fourth-order valence-electron chi connectivity index (χ4n) is 2.44. The number of likely N-dealkylation sites (N-methyl/N-ethyl adjacent to an activating group) is 1. The molecule has 1 aliphatic heterocycles. The molecule has 1 fully saturated rings. The highest BCUT2D eigenvalue weighted by molar-refractivity contribution is 5.13. The zero-order chi connectivity index (χ0) is 13.5. The van der Waals surface area contributed by atoms with E-state index < -0.39 is 6.10 Å². The molecule has 2 unspecified atom stereocenters. The fourth-order valence-corrected chi connectivity index (χ4v) is 2.44. The predicted octanol–water partition coefficient (Wildman–Crippen LogP) is 0.858. The lowest BCUT2D eigenvalue weighted by molar-refractivity contribution is 0.00878. The van der Waals surface area contributed by atoms with Crippen molar-refractivity contribution in [1.29, 1.82) is 0 Å². The number of aliphatic hydroxyl groups excluding tert-OH is 1. The molecule has 0 amide bonds. The van der Waals surface area contributed by atoms with Gasteiger partial charge < -0.3 is 15.2 Å². The van der Waals surface area contributed by atoms with Gasteiger partial charge in [0.05, 0.1) is 19.3 Å². The van der Waals surface area contributed by atoms with Crippen molar-refractivity contribution in [1.82, 2.24) is 10.2 Å². The first-order valence-electron chi connectivity index (χ1n) is 6.96. The minimum Gasteiger partial charge on any atom is -0.389 e. The van der Waals surface area contributed by atoms with Crippen LogP contribution in [0.4, 0.5) is 0 Å². The summed E-state index contributed by atoms with van der Waals surface area (Å²) in [5.74, 6) is 0. The molecule has 0 aliphatic carbocycles. The average Bonchev–Trinajstić information content (AvgIpc) is 2.94. The summed E-state index contributed by atoms with van der Waals surface area (Å²) in [5, 5.41) is 13.3. The number of rotatable bonds is 7. The molecule has 1 saturated heterocycles. The molecule has 0 spiro atoms. The van der Waals surface area contributed by atoms with Crippen LogP contribution in [0.1, 0.15) is 12.0 Å². The Balaban J connectivity index is 1.62. The maximum Gasteiger partial charge on any atom is 0.0900 e. The van der Waals surface area contributed by atoms with Crippen molar-refractivity contribution in [2.45, 2.75) is 25.2 Å². The van der Waals surface area contributed by atoms with Crippen LogP contribution in [0.5, 0.6) is 0 Å². The Labute approximate surface area is 115 Å². The molecule has 2 rings (SSSR count). The van der Waals surface area contributed by atoms with Crippen LogP contribution in [-0.4, -0.2) is 55.4 Å². The van der Waals surface area contributed by atoms with E-state index in [1.807, 2.05) is 30.3 Å². The molecule has 1 heterocycles. The quantitative estimate of drug-likeness (QED) is 0.766. The second kappa shape index (κ2) is 7.60. The third kappa shape index (κ3) is 4.91. The second-order valence-corrected chi connectivity index (χ2v) is 5.24. The van der Waals surface area contributed by atoms with Gasteiger partial charge in [-0.2, -0.15) is 0 Å². The van der Waals surface area contributed by atoms with Crippen molar-refractivity contribution in [3.8, 4) is 0 Å². The Morgan fingerprint density at radius 1 is 1.42 bits per heavy atom. The molecule has 0 saturated carbocycles. The summed E-state index contributed by atoms with van der Waals surface area (Å²) in [6, 6.07) is 10.6. The van der Waals surface area contributed by atoms with E-state index in [1.54, 1.807) is 0 Å². The smallest absolute Gasteiger partial charge is 0.0900 e. The van der Waals surface area contributed by atoms with Crippen molar-refractivity contribution < 1.29 is 9.84 Å². The Kier molecular flexibility index (Phi) is 5.79. The number of benzene rings is 1. The molecular weight excluding hydrogens is 240 g/mol. The van der Waals surface area contributed by atoms with E-state index in [0.29, 0.717) is 25.8 Å². The molecule has 0 aromatic heterocycles. The SMILES string of the molecule is CN(CC(O)COCc1ccccc1)C1CCNC1. The topological polar surface area (TPSA) is 44.7 Å². The maximum atomic E-state index is 9.97. The second-order valence-electron chi connectivity index (χ2n) is 5.24. The average molecular weight is 264 g/mol. The van der Waals surface area contributed by atoms with Gasteiger partial charge in [-0.1, -0.05) is 30.3 Å². The summed E-state index contributed by atoms with van der Waals surface area (Å²) in [6.07, 6.45) is 0.739. The standard InChI is InChI=1S/C15H24N2O2/c1-17(14-7-8-16-9-14)10-15(18)12-19-11-13-5-3-2-4-6-13/h2-6,14-16,18H,7-12H2,1H3. The molecule has 1 aromatic rings. The van der Waals surface area contributed by atoms with Crippen molar-refractivity contribution in [2.75, 3.05) is 33.3 Å². The minimum absolute atomic E-state index is 0.388. The molecule has 2 N–H and O–H groups in total. The Hall–Kier alpha value is -0.940. The fraction of sp³-hybridized carbons (Fsp3) is 0.600. The van der Waals surface area contributed by atoms with E-state index in [0.717, 1.165) is 25.1 Å². The number of hydrogen-bond donors (Lipinski definition) is 2. The summed E-state index contributed by atoms with van der Waals surface area (Å²) in [7, 11) is 2.07. The van der Waals surface area contributed by atoms with Gasteiger partial charge in [0.2, 0.25) is 0 Å². The van der Waals surface area contributed by atoms with Crippen LogP contribution in [0.25, 0.3) is 0 Å². The highest BCUT2D eigenvalue weighted by Gasteiger charge is 2.20. The van der Waals surface area contributed by atoms with Crippen LogP contribution in [0.15, 0.2) is 30.3 Å². The van der Waals surface area contributed by atoms with E-state index in [9.17, 15) is 5.11 Å². The largest absolute Gasteiger partial charge is 0.389 e. The van der Waals surface area contributed by atoms with Gasteiger partial charge in [-0.25, -0.2) is 0 Å². The first kappa shape index (κ1) is 14.5. The lowest BCUT2D eigenvalue weighted by Crippen LogP contribution is -2.40. The van der Waals surface area contributed by atoms with Gasteiger partial charge in [-0.15, -0.1) is 0 Å². The molecule has 0 bridgehead atoms. The van der Waals surface area contributed by atoms with Crippen molar-refractivity contribution in [2.24, 2.45) is 0 Å². The number of ether oxygens (including phenoxy) is 1. The number of nitrogens with one attached hydrogen (secondary N) is 1. The van der Waals surface area contributed by atoms with Gasteiger partial charge in [0.25, 0.3) is 0 Å². The maximum absolute atomic E-state index is 9.97. The number of nitrogens with zero attached hydrogens (tertiary/aromatic N) is 1. The van der Waals surface area contributed by atoms with E-state index >= 15 is 0 Å². The van der Waals surface area contributed by atoms with Gasteiger partial charge in [-0.05, 0) is 25.6 Å². The van der Waals surface area contributed by atoms with Gasteiger partial charge in [0.1, 0.15) is 0 Å². The number of aliphatic hydroxyl groups is 1. The van der Waals surface area contributed by atoms with Gasteiger partial charge in [0.15, 0.2) is 0 Å². The zero-order valence-electron chi connectivity index (χ0n) is 11.6. The van der Waals surface area contributed by atoms with Crippen LogP contribution in [0, 0.1) is 0 Å². The Morgan fingerprint density at radius 3 is 2.89 bits per heavy atom. The van der Waals surface area contributed by atoms with Crippen LogP contribution in [0.3, 0.4) is 0 Å². The van der Waals surface area contributed by atoms with Crippen LogP contribution in [0.2, 0.25) is 0 Å². The van der Waals surface area contributed by atoms with Crippen LogP contribution >= 0.6 is 0 Å². The predicted molar refractivity (Wildman–Crippen MR) is 76.0 cm³/mol. The molecule has 4 nitrogen and oxygen atoms in total. The molecule has 106 valence electrons. The normalized spacial score (nSPS) is 20.9. The summed E-state index contributed by atoms with van der Waals surface area (Å²) in [4.78, 5) is 2.22. The molecule has 0 radical (unpaired) electrons. The van der Waals surface area contributed by atoms with Gasteiger partial charge in [-0.3, -0.25) is 4.90 Å². The number of hydrogen-bond acceptors (Lipinski definition) is 4. The third-order valence-electron chi connectivity index (χ3n) is 3.58. The van der Waals surface area contributed by atoms with Gasteiger partial charge >= 0.3 is 0 Å². The van der Waals surface area contributed by atoms with Crippen molar-refractivity contribution in [3.05, 3.63) is 35.9 Å². The summed E-state index contributed by atoms with van der Waals surface area (Å²) >= 11 is 0. The van der Waals surface area contributed by atoms with Crippen LogP contribution < -0.4 is 5.32 Å². The summed E-state index contributed by atoms with van der Waals surface area (Å²) in [5.41, 5.74) is 1.14. The van der Waals surface area contributed by atoms with Crippen LogP contribution in [-0.2, 0) is 11.3 Å². The molecule has 19 heavy (non-hydrogen) atoms. The van der Waals surface area contributed by atoms with Gasteiger partial charge in [0, 0.05) is 19.1 Å². The molecular formula is C15H24N2O2. The highest BCUT2D eigenvalue weighted by atomic mass is 16.5. The third-order valence-corrected chi connectivity index (χ3v) is 3.58. The summed E-state index contributed by atoms with van der Waals surface area (Å²) < 4.78 is 5.55. The first-order valence-corrected chi connectivity index (χ1v) is 6.96.